The normalized spacial score (nSPS) is 16.2. The minimum absolute atomic E-state index is 0. The largest absolute Gasteiger partial charge is 0.378 e. The van der Waals surface area contributed by atoms with Crippen molar-refractivity contribution in [3.63, 3.8) is 0 Å². The number of rotatable bonds is 1. The molecule has 0 aromatic carbocycles. The summed E-state index contributed by atoms with van der Waals surface area (Å²) in [7, 11) is 0. The molecule has 0 unspecified atom stereocenters. The molecule has 1 saturated heterocycles. The topological polar surface area (TPSA) is 25.4 Å². The molecule has 71 valence electrons. The van der Waals surface area contributed by atoms with E-state index in [-0.39, 0.29) is 51.4 Å². The van der Waals surface area contributed by atoms with Crippen molar-refractivity contribution in [1.82, 2.24) is 4.98 Å². The molecule has 1 aromatic rings. The predicted molar refractivity (Wildman–Crippen MR) is 58.0 cm³/mol. The number of halogens is 1. The number of anilines is 1. The quantitative estimate of drug-likeness (QED) is 0.687. The van der Waals surface area contributed by atoms with Gasteiger partial charge in [-0.05, 0) is 12.1 Å². The maximum atomic E-state index is 6.01. The Morgan fingerprint density at radius 3 is 2.71 bits per heavy atom. The Morgan fingerprint density at radius 1 is 1.36 bits per heavy atom. The molecule has 14 heavy (non-hydrogen) atoms. The van der Waals surface area contributed by atoms with E-state index >= 15 is 0 Å². The molecule has 0 aliphatic carbocycles. The molecule has 2 heterocycles. The summed E-state index contributed by atoms with van der Waals surface area (Å²) in [6, 6.07) is 3.70. The van der Waals surface area contributed by atoms with Crippen molar-refractivity contribution in [1.29, 1.82) is 0 Å². The summed E-state index contributed by atoms with van der Waals surface area (Å²) < 4.78 is 5.25. The summed E-state index contributed by atoms with van der Waals surface area (Å²) in [6.07, 6.45) is 1.76. The average molecular weight is 238 g/mol. The number of morpholine rings is 1. The summed E-state index contributed by atoms with van der Waals surface area (Å²) in [6.45, 7) is 3.26. The zero-order valence-corrected chi connectivity index (χ0v) is 12.1. The van der Waals surface area contributed by atoms with Crippen molar-refractivity contribution in [2.75, 3.05) is 31.2 Å². The molecule has 1 aromatic heterocycles. The first-order valence-electron chi connectivity index (χ1n) is 4.31. The number of hydrogen-bond acceptors (Lipinski definition) is 3. The first kappa shape index (κ1) is 12.9. The van der Waals surface area contributed by atoms with Gasteiger partial charge in [0.2, 0.25) is 0 Å². The molecule has 0 spiro atoms. The van der Waals surface area contributed by atoms with Gasteiger partial charge in [0.05, 0.1) is 18.2 Å². The molecule has 1 aliphatic heterocycles. The Labute approximate surface area is 131 Å². The standard InChI is InChI=1S/C9H11ClN2O.K/c10-8-2-1-3-11-9(8)12-4-6-13-7-5-12;/h1-3H,4-7H2;. The monoisotopic (exact) mass is 237 g/mol. The Hall–Kier alpha value is 0.836. The van der Waals surface area contributed by atoms with Crippen molar-refractivity contribution in [2.24, 2.45) is 0 Å². The van der Waals surface area contributed by atoms with Crippen LogP contribution in [0, 0.1) is 0 Å². The molecule has 0 atom stereocenters. The van der Waals surface area contributed by atoms with Crippen molar-refractivity contribution >= 4 is 68.8 Å². The average Bonchev–Trinajstić information content (AvgIpc) is 2.20. The third-order valence-corrected chi connectivity index (χ3v) is 2.34. The van der Waals surface area contributed by atoms with E-state index in [1.54, 1.807) is 6.20 Å². The van der Waals surface area contributed by atoms with Gasteiger partial charge in [-0.25, -0.2) is 4.98 Å². The fraction of sp³-hybridized carbons (Fsp3) is 0.444. The maximum absolute atomic E-state index is 6.01. The smallest absolute Gasteiger partial charge is 0.147 e. The van der Waals surface area contributed by atoms with Crippen LogP contribution in [0.4, 0.5) is 5.82 Å². The Morgan fingerprint density at radius 2 is 2.07 bits per heavy atom. The summed E-state index contributed by atoms with van der Waals surface area (Å²) in [5, 5.41) is 0.712. The predicted octanol–water partition coefficient (Wildman–Crippen LogP) is 1.19. The minimum Gasteiger partial charge on any atom is -0.378 e. The van der Waals surface area contributed by atoms with Crippen LogP contribution in [-0.2, 0) is 4.74 Å². The fourth-order valence-electron chi connectivity index (χ4n) is 1.39. The van der Waals surface area contributed by atoms with E-state index in [0.717, 1.165) is 32.1 Å². The molecule has 3 nitrogen and oxygen atoms in total. The van der Waals surface area contributed by atoms with Crippen LogP contribution in [0.5, 0.6) is 0 Å². The fourth-order valence-corrected chi connectivity index (χ4v) is 1.63. The van der Waals surface area contributed by atoms with Crippen LogP contribution in [0.25, 0.3) is 0 Å². The number of nitrogens with zero attached hydrogens (tertiary/aromatic N) is 2. The van der Waals surface area contributed by atoms with Crippen LogP contribution in [0.15, 0.2) is 18.3 Å². The third-order valence-electron chi connectivity index (χ3n) is 2.05. The van der Waals surface area contributed by atoms with Gasteiger partial charge < -0.3 is 9.64 Å². The molecule has 1 fully saturated rings. The van der Waals surface area contributed by atoms with E-state index in [1.165, 1.54) is 0 Å². The zero-order chi connectivity index (χ0) is 9.10. The minimum atomic E-state index is 0. The number of aromatic nitrogens is 1. The van der Waals surface area contributed by atoms with E-state index in [4.69, 9.17) is 16.3 Å². The second kappa shape index (κ2) is 6.43. The van der Waals surface area contributed by atoms with Crippen LogP contribution in [0.3, 0.4) is 0 Å². The SMILES string of the molecule is Clc1cccnc1N1CCOCC1.[K]. The van der Waals surface area contributed by atoms with Crippen molar-refractivity contribution < 1.29 is 4.74 Å². The summed E-state index contributed by atoms with van der Waals surface area (Å²) in [5.41, 5.74) is 0. The van der Waals surface area contributed by atoms with Gasteiger partial charge in [0.25, 0.3) is 0 Å². The number of hydrogen-bond donors (Lipinski definition) is 0. The van der Waals surface area contributed by atoms with E-state index < -0.39 is 0 Å². The first-order chi connectivity index (χ1) is 6.38. The first-order valence-corrected chi connectivity index (χ1v) is 4.69. The van der Waals surface area contributed by atoms with Crippen LogP contribution >= 0.6 is 11.6 Å². The third kappa shape index (κ3) is 3.17. The van der Waals surface area contributed by atoms with Crippen molar-refractivity contribution in [3.8, 4) is 0 Å². The Bertz CT molecular complexity index is 292. The molecule has 5 heteroatoms. The van der Waals surface area contributed by atoms with Gasteiger partial charge in [0, 0.05) is 70.7 Å². The summed E-state index contributed by atoms with van der Waals surface area (Å²) >= 11 is 6.01. The van der Waals surface area contributed by atoms with E-state index in [0.29, 0.717) is 5.02 Å². The van der Waals surface area contributed by atoms with Crippen LogP contribution in [0.1, 0.15) is 0 Å². The van der Waals surface area contributed by atoms with Gasteiger partial charge in [-0.15, -0.1) is 0 Å². The van der Waals surface area contributed by atoms with E-state index in [2.05, 4.69) is 9.88 Å². The molecule has 2 rings (SSSR count). The number of ether oxygens (including phenoxy) is 1. The van der Waals surface area contributed by atoms with Crippen molar-refractivity contribution in [3.05, 3.63) is 23.4 Å². The molecule has 0 amide bonds. The molecule has 1 radical (unpaired) electrons. The molecular weight excluding hydrogens is 227 g/mol. The maximum Gasteiger partial charge on any atom is 0.147 e. The Kier molecular flexibility index (Phi) is 5.92. The zero-order valence-electron chi connectivity index (χ0n) is 8.24. The van der Waals surface area contributed by atoms with E-state index in [1.807, 2.05) is 12.1 Å². The van der Waals surface area contributed by atoms with Crippen LogP contribution in [0.2, 0.25) is 5.02 Å². The van der Waals surface area contributed by atoms with Gasteiger partial charge in [-0.3, -0.25) is 0 Å². The van der Waals surface area contributed by atoms with Gasteiger partial charge in [-0.2, -0.15) is 0 Å². The molecule has 0 saturated carbocycles. The van der Waals surface area contributed by atoms with E-state index in [9.17, 15) is 0 Å². The molecule has 1 aliphatic rings. The number of pyridine rings is 1. The van der Waals surface area contributed by atoms with Crippen molar-refractivity contribution in [2.45, 2.75) is 0 Å². The molecular formula is C9H11ClKN2O. The second-order valence-corrected chi connectivity index (χ2v) is 3.32. The molecule has 0 N–H and O–H groups in total. The Balaban J connectivity index is 0.000000980. The summed E-state index contributed by atoms with van der Waals surface area (Å²) in [4.78, 5) is 6.39. The molecule has 0 bridgehead atoms. The van der Waals surface area contributed by atoms with Crippen LogP contribution < -0.4 is 4.90 Å². The van der Waals surface area contributed by atoms with Gasteiger partial charge in [0.15, 0.2) is 0 Å². The van der Waals surface area contributed by atoms with Gasteiger partial charge >= 0.3 is 0 Å². The van der Waals surface area contributed by atoms with Gasteiger partial charge in [-0.1, -0.05) is 11.6 Å². The second-order valence-electron chi connectivity index (χ2n) is 2.91. The van der Waals surface area contributed by atoms with Crippen LogP contribution in [-0.4, -0.2) is 82.7 Å². The summed E-state index contributed by atoms with van der Waals surface area (Å²) in [5.74, 6) is 0.868. The van der Waals surface area contributed by atoms with Gasteiger partial charge in [0.1, 0.15) is 5.82 Å².